The molecule has 1 saturated carbocycles. The predicted octanol–water partition coefficient (Wildman–Crippen LogP) is 3.98. The molecular weight excluding hydrogens is 290 g/mol. The summed E-state index contributed by atoms with van der Waals surface area (Å²) in [5.74, 6) is 0. The number of hydrogen-bond donors (Lipinski definition) is 1. The van der Waals surface area contributed by atoms with Crippen LogP contribution in [0, 0.1) is 0 Å². The van der Waals surface area contributed by atoms with E-state index in [4.69, 9.17) is 4.74 Å². The second-order valence-corrected chi connectivity index (χ2v) is 7.60. The van der Waals surface area contributed by atoms with Gasteiger partial charge in [-0.3, -0.25) is 0 Å². The molecule has 0 aliphatic heterocycles. The van der Waals surface area contributed by atoms with Gasteiger partial charge in [0.25, 0.3) is 0 Å². The van der Waals surface area contributed by atoms with Crippen molar-refractivity contribution in [2.75, 3.05) is 0 Å². The smallest absolute Gasteiger partial charge is 0.408 e. The third kappa shape index (κ3) is 3.57. The third-order valence-electron chi connectivity index (χ3n) is 4.77. The number of amides is 1. The molecule has 1 N–H and O–H groups in total. The fourth-order valence-corrected chi connectivity index (χ4v) is 3.62. The Labute approximate surface area is 138 Å². The van der Waals surface area contributed by atoms with Crippen LogP contribution >= 0.6 is 0 Å². The average molecular weight is 317 g/mol. The Balaban J connectivity index is 2.35. The number of aldehydes is 1. The molecule has 0 heterocycles. The summed E-state index contributed by atoms with van der Waals surface area (Å²) in [6.45, 7) is 7.25. The van der Waals surface area contributed by atoms with Crippen molar-refractivity contribution in [2.24, 2.45) is 0 Å². The zero-order chi connectivity index (χ0) is 17.1. The first-order valence-electron chi connectivity index (χ1n) is 8.25. The normalized spacial score (nSPS) is 19.7. The molecule has 0 radical (unpaired) electrons. The highest BCUT2D eigenvalue weighted by Gasteiger charge is 2.52. The number of alkyl carbamates (subject to hydrolysis) is 1. The van der Waals surface area contributed by atoms with Gasteiger partial charge in [0, 0.05) is 5.41 Å². The van der Waals surface area contributed by atoms with Crippen molar-refractivity contribution in [1.29, 1.82) is 0 Å². The summed E-state index contributed by atoms with van der Waals surface area (Å²) in [6, 6.07) is 10.0. The second-order valence-electron chi connectivity index (χ2n) is 7.60. The molecule has 0 bridgehead atoms. The van der Waals surface area contributed by atoms with Gasteiger partial charge < -0.3 is 14.8 Å². The minimum Gasteiger partial charge on any atom is -0.444 e. The predicted molar refractivity (Wildman–Crippen MR) is 90.4 cm³/mol. The van der Waals surface area contributed by atoms with Crippen molar-refractivity contribution in [1.82, 2.24) is 5.32 Å². The largest absolute Gasteiger partial charge is 0.444 e. The number of carbonyl (C=O) groups excluding carboxylic acids is 2. The highest BCUT2D eigenvalue weighted by atomic mass is 16.6. The van der Waals surface area contributed by atoms with Crippen LogP contribution in [-0.4, -0.2) is 23.5 Å². The summed E-state index contributed by atoms with van der Waals surface area (Å²) in [4.78, 5) is 24.3. The van der Waals surface area contributed by atoms with Crippen LogP contribution in [0.5, 0.6) is 0 Å². The van der Waals surface area contributed by atoms with E-state index >= 15 is 0 Å². The molecule has 1 amide bonds. The van der Waals surface area contributed by atoms with Crippen molar-refractivity contribution < 1.29 is 14.3 Å². The van der Waals surface area contributed by atoms with E-state index in [-0.39, 0.29) is 5.41 Å². The molecule has 4 heteroatoms. The van der Waals surface area contributed by atoms with Crippen LogP contribution in [0.4, 0.5) is 4.79 Å². The molecule has 23 heavy (non-hydrogen) atoms. The first-order chi connectivity index (χ1) is 10.7. The van der Waals surface area contributed by atoms with Gasteiger partial charge in [0.1, 0.15) is 17.4 Å². The van der Waals surface area contributed by atoms with Gasteiger partial charge in [0.05, 0.1) is 0 Å². The number of rotatable bonds is 4. The summed E-state index contributed by atoms with van der Waals surface area (Å²) >= 11 is 0. The molecule has 1 aliphatic carbocycles. The highest BCUT2D eigenvalue weighted by Crippen LogP contribution is 2.48. The van der Waals surface area contributed by atoms with Gasteiger partial charge in [-0.15, -0.1) is 0 Å². The number of carbonyl (C=O) groups is 2. The molecule has 1 aliphatic rings. The minimum atomic E-state index is -0.993. The summed E-state index contributed by atoms with van der Waals surface area (Å²) in [5.41, 5.74) is -0.869. The fraction of sp³-hybridized carbons (Fsp3) is 0.579. The lowest BCUT2D eigenvalue weighted by atomic mass is 9.65. The Hall–Kier alpha value is -1.84. The van der Waals surface area contributed by atoms with Crippen molar-refractivity contribution in [3.05, 3.63) is 35.9 Å². The SMILES string of the molecule is CC(C)(C)OC(=O)NC(C)(C=O)C1(c2ccccc2)CCCC1. The Kier molecular flexibility index (Phi) is 4.83. The van der Waals surface area contributed by atoms with E-state index in [9.17, 15) is 9.59 Å². The van der Waals surface area contributed by atoms with Crippen molar-refractivity contribution in [3.8, 4) is 0 Å². The Morgan fingerprint density at radius 2 is 1.70 bits per heavy atom. The van der Waals surface area contributed by atoms with Gasteiger partial charge >= 0.3 is 6.09 Å². The molecule has 1 aromatic carbocycles. The van der Waals surface area contributed by atoms with Gasteiger partial charge in [-0.2, -0.15) is 0 Å². The molecule has 2 rings (SSSR count). The van der Waals surface area contributed by atoms with E-state index in [0.29, 0.717) is 0 Å². The van der Waals surface area contributed by atoms with Crippen LogP contribution < -0.4 is 5.32 Å². The number of benzene rings is 1. The lowest BCUT2D eigenvalue weighted by Crippen LogP contribution is -2.61. The first kappa shape index (κ1) is 17.5. The third-order valence-corrected chi connectivity index (χ3v) is 4.77. The molecule has 0 spiro atoms. The van der Waals surface area contributed by atoms with Crippen molar-refractivity contribution in [3.63, 3.8) is 0 Å². The molecule has 0 saturated heterocycles. The van der Waals surface area contributed by atoms with Gasteiger partial charge in [-0.25, -0.2) is 4.79 Å². The maximum absolute atomic E-state index is 12.3. The molecule has 1 unspecified atom stereocenters. The Morgan fingerprint density at radius 3 is 2.17 bits per heavy atom. The summed E-state index contributed by atoms with van der Waals surface area (Å²) in [5, 5.41) is 2.85. The quantitative estimate of drug-likeness (QED) is 0.855. The van der Waals surface area contributed by atoms with Crippen molar-refractivity contribution >= 4 is 12.4 Å². The highest BCUT2D eigenvalue weighted by molar-refractivity contribution is 5.78. The number of hydrogen-bond acceptors (Lipinski definition) is 3. The molecule has 1 atom stereocenters. The fourth-order valence-electron chi connectivity index (χ4n) is 3.62. The van der Waals surface area contributed by atoms with Crippen LogP contribution in [0.15, 0.2) is 30.3 Å². The van der Waals surface area contributed by atoms with E-state index < -0.39 is 17.2 Å². The lowest BCUT2D eigenvalue weighted by molar-refractivity contribution is -0.115. The van der Waals surface area contributed by atoms with E-state index in [1.165, 1.54) is 0 Å². The molecule has 4 nitrogen and oxygen atoms in total. The monoisotopic (exact) mass is 317 g/mol. The average Bonchev–Trinajstić information content (AvgIpc) is 2.97. The number of ether oxygens (including phenoxy) is 1. The molecule has 126 valence electrons. The van der Waals surface area contributed by atoms with Crippen LogP contribution in [0.25, 0.3) is 0 Å². The zero-order valence-corrected chi connectivity index (χ0v) is 14.5. The number of nitrogens with one attached hydrogen (secondary N) is 1. The molecule has 0 aromatic heterocycles. The first-order valence-corrected chi connectivity index (χ1v) is 8.25. The van der Waals surface area contributed by atoms with E-state index in [2.05, 4.69) is 5.32 Å². The maximum Gasteiger partial charge on any atom is 0.408 e. The topological polar surface area (TPSA) is 55.4 Å². The van der Waals surface area contributed by atoms with Crippen molar-refractivity contribution in [2.45, 2.75) is 69.9 Å². The second kappa shape index (κ2) is 6.34. The minimum absolute atomic E-state index is 0.382. The summed E-state index contributed by atoms with van der Waals surface area (Å²) < 4.78 is 5.37. The molecular formula is C19H27NO3. The van der Waals surface area contributed by atoms with Crippen LogP contribution in [0.2, 0.25) is 0 Å². The van der Waals surface area contributed by atoms with E-state index in [1.807, 2.05) is 58.0 Å². The summed E-state index contributed by atoms with van der Waals surface area (Å²) in [7, 11) is 0. The zero-order valence-electron chi connectivity index (χ0n) is 14.5. The van der Waals surface area contributed by atoms with Gasteiger partial charge in [-0.05, 0) is 46.1 Å². The van der Waals surface area contributed by atoms with Gasteiger partial charge in [0.2, 0.25) is 0 Å². The lowest BCUT2D eigenvalue weighted by Gasteiger charge is -2.44. The van der Waals surface area contributed by atoms with Gasteiger partial charge in [0.15, 0.2) is 0 Å². The standard InChI is InChI=1S/C19H27NO3/c1-17(2,3)23-16(22)20-18(4,14-21)19(12-8-9-13-19)15-10-6-5-7-11-15/h5-7,10-11,14H,8-9,12-13H2,1-4H3,(H,20,22). The van der Waals surface area contributed by atoms with Crippen LogP contribution in [0.3, 0.4) is 0 Å². The molecule has 1 fully saturated rings. The van der Waals surface area contributed by atoms with Gasteiger partial charge in [-0.1, -0.05) is 43.2 Å². The Morgan fingerprint density at radius 1 is 1.13 bits per heavy atom. The van der Waals surface area contributed by atoms with Crippen LogP contribution in [-0.2, 0) is 14.9 Å². The van der Waals surface area contributed by atoms with E-state index in [1.54, 1.807) is 0 Å². The van der Waals surface area contributed by atoms with Crippen LogP contribution in [0.1, 0.15) is 58.9 Å². The Bertz CT molecular complexity index is 556. The summed E-state index contributed by atoms with van der Waals surface area (Å²) in [6.07, 6.45) is 4.18. The van der Waals surface area contributed by atoms with E-state index in [0.717, 1.165) is 37.5 Å². The maximum atomic E-state index is 12.3. The molecule has 1 aromatic rings.